The molecule has 2 aromatic carbocycles. The minimum absolute atomic E-state index is 0.217. The normalized spacial score (nSPS) is 11.4. The summed E-state index contributed by atoms with van der Waals surface area (Å²) in [7, 11) is 0. The molecule has 1 atom stereocenters. The molecule has 3 rings (SSSR count). The first-order valence-corrected chi connectivity index (χ1v) is 8.02. The van der Waals surface area contributed by atoms with Gasteiger partial charge in [0, 0.05) is 0 Å². The number of aromatic amines is 1. The number of carbonyl (C=O) groups excluding carboxylic acids is 1. The maximum atomic E-state index is 12.4. The first-order valence-electron chi connectivity index (χ1n) is 8.02. The van der Waals surface area contributed by atoms with Crippen LogP contribution in [0.5, 0.6) is 5.75 Å². The fourth-order valence-corrected chi connectivity index (χ4v) is 2.46. The van der Waals surface area contributed by atoms with E-state index in [0.29, 0.717) is 23.0 Å². The van der Waals surface area contributed by atoms with Gasteiger partial charge in [-0.15, -0.1) is 0 Å². The van der Waals surface area contributed by atoms with E-state index in [0.717, 1.165) is 5.56 Å². The first-order chi connectivity index (χ1) is 12.7. The molecule has 0 saturated carbocycles. The number of aryl methyl sites for hydroxylation is 1. The number of nitrogens with one attached hydrogen (secondary N) is 2. The van der Waals surface area contributed by atoms with Gasteiger partial charge in [0.25, 0.3) is 5.91 Å². The highest BCUT2D eigenvalue weighted by molar-refractivity contribution is 5.78. The predicted octanol–water partition coefficient (Wildman–Crippen LogP) is 2.27. The van der Waals surface area contributed by atoms with Crippen molar-refractivity contribution in [1.29, 1.82) is 5.26 Å². The van der Waals surface area contributed by atoms with Crippen molar-refractivity contribution in [2.24, 2.45) is 0 Å². The van der Waals surface area contributed by atoms with Gasteiger partial charge in [-0.25, -0.2) is 4.98 Å². The smallest absolute Gasteiger partial charge is 0.258 e. The van der Waals surface area contributed by atoms with Crippen LogP contribution in [0.2, 0.25) is 0 Å². The molecule has 7 nitrogen and oxygen atoms in total. The summed E-state index contributed by atoms with van der Waals surface area (Å²) in [6.07, 6.45) is 0. The van der Waals surface area contributed by atoms with E-state index in [1.54, 1.807) is 31.2 Å². The number of carbonyl (C=O) groups is 1. The van der Waals surface area contributed by atoms with Crippen molar-refractivity contribution in [2.75, 3.05) is 6.61 Å². The molecule has 26 heavy (non-hydrogen) atoms. The van der Waals surface area contributed by atoms with E-state index in [-0.39, 0.29) is 12.5 Å². The van der Waals surface area contributed by atoms with E-state index in [9.17, 15) is 4.79 Å². The Morgan fingerprint density at radius 1 is 1.23 bits per heavy atom. The molecule has 1 aromatic heterocycles. The monoisotopic (exact) mass is 347 g/mol. The molecular formula is C19H17N5O2. The highest BCUT2D eigenvalue weighted by Crippen LogP contribution is 2.19. The van der Waals surface area contributed by atoms with E-state index < -0.39 is 6.04 Å². The summed E-state index contributed by atoms with van der Waals surface area (Å²) in [4.78, 5) is 16.7. The molecule has 0 spiro atoms. The van der Waals surface area contributed by atoms with Gasteiger partial charge in [0.1, 0.15) is 23.7 Å². The quantitative estimate of drug-likeness (QED) is 0.712. The van der Waals surface area contributed by atoms with Crippen LogP contribution in [0.25, 0.3) is 0 Å². The van der Waals surface area contributed by atoms with Gasteiger partial charge in [0.2, 0.25) is 0 Å². The molecule has 1 heterocycles. The van der Waals surface area contributed by atoms with Gasteiger partial charge in [-0.05, 0) is 24.6 Å². The van der Waals surface area contributed by atoms with Gasteiger partial charge in [-0.3, -0.25) is 9.89 Å². The number of nitriles is 1. The van der Waals surface area contributed by atoms with Crippen LogP contribution >= 0.6 is 0 Å². The Balaban J connectivity index is 1.73. The number of hydrogen-bond donors (Lipinski definition) is 2. The molecule has 0 radical (unpaired) electrons. The lowest BCUT2D eigenvalue weighted by Gasteiger charge is -2.16. The summed E-state index contributed by atoms with van der Waals surface area (Å²) in [6, 6.07) is 17.8. The topological polar surface area (TPSA) is 104 Å². The fourth-order valence-electron chi connectivity index (χ4n) is 2.46. The standard InChI is InChI=1S/C19H17N5O2/c1-13-21-19(24-23-13)18(14-7-3-2-4-8-14)22-17(25)12-26-16-10-6-5-9-15(16)11-20/h2-10,18H,12H2,1H3,(H,22,25)(H,21,23,24)/t18-/m0/s1. The Kier molecular flexibility index (Phi) is 5.25. The van der Waals surface area contributed by atoms with Crippen LogP contribution in [-0.2, 0) is 4.79 Å². The Morgan fingerprint density at radius 2 is 1.96 bits per heavy atom. The highest BCUT2D eigenvalue weighted by Gasteiger charge is 2.21. The van der Waals surface area contributed by atoms with Crippen molar-refractivity contribution in [3.63, 3.8) is 0 Å². The van der Waals surface area contributed by atoms with Crippen molar-refractivity contribution in [3.05, 3.63) is 77.4 Å². The summed E-state index contributed by atoms with van der Waals surface area (Å²) in [5.41, 5.74) is 1.24. The average Bonchev–Trinajstić information content (AvgIpc) is 3.11. The van der Waals surface area contributed by atoms with Crippen molar-refractivity contribution >= 4 is 5.91 Å². The predicted molar refractivity (Wildman–Crippen MR) is 94.2 cm³/mol. The Hall–Kier alpha value is -3.66. The number of nitrogens with zero attached hydrogens (tertiary/aromatic N) is 3. The maximum absolute atomic E-state index is 12.4. The number of hydrogen-bond acceptors (Lipinski definition) is 5. The molecule has 130 valence electrons. The van der Waals surface area contributed by atoms with Gasteiger partial charge in [-0.1, -0.05) is 42.5 Å². The van der Waals surface area contributed by atoms with Gasteiger partial charge >= 0.3 is 0 Å². The van der Waals surface area contributed by atoms with Crippen molar-refractivity contribution in [2.45, 2.75) is 13.0 Å². The number of benzene rings is 2. The summed E-state index contributed by atoms with van der Waals surface area (Å²) in [5, 5.41) is 18.9. The average molecular weight is 347 g/mol. The molecule has 0 aliphatic carbocycles. The van der Waals surface area contributed by atoms with Gasteiger partial charge in [0.05, 0.1) is 5.56 Å². The molecule has 0 aliphatic rings. The summed E-state index contributed by atoms with van der Waals surface area (Å²) >= 11 is 0. The number of amides is 1. The van der Waals surface area contributed by atoms with Crippen LogP contribution in [0, 0.1) is 18.3 Å². The van der Waals surface area contributed by atoms with Crippen LogP contribution in [0.15, 0.2) is 54.6 Å². The van der Waals surface area contributed by atoms with Crippen LogP contribution < -0.4 is 10.1 Å². The fraction of sp³-hybridized carbons (Fsp3) is 0.158. The van der Waals surface area contributed by atoms with E-state index in [4.69, 9.17) is 10.00 Å². The Labute approximate surface area is 150 Å². The summed E-state index contributed by atoms with van der Waals surface area (Å²) in [6.45, 7) is 1.58. The number of H-pyrrole nitrogens is 1. The molecule has 0 aliphatic heterocycles. The molecule has 2 N–H and O–H groups in total. The summed E-state index contributed by atoms with van der Waals surface area (Å²) < 4.78 is 5.48. The van der Waals surface area contributed by atoms with Gasteiger partial charge < -0.3 is 10.1 Å². The zero-order chi connectivity index (χ0) is 18.4. The maximum Gasteiger partial charge on any atom is 0.258 e. The van der Waals surface area contributed by atoms with Gasteiger partial charge in [-0.2, -0.15) is 10.4 Å². The minimum Gasteiger partial charge on any atom is -0.482 e. The van der Waals surface area contributed by atoms with Crippen LogP contribution in [0.4, 0.5) is 0 Å². The molecule has 1 amide bonds. The van der Waals surface area contributed by atoms with E-state index in [2.05, 4.69) is 20.5 Å². The molecule has 7 heteroatoms. The Bertz CT molecular complexity index is 930. The first kappa shape index (κ1) is 17.2. The molecule has 0 unspecified atom stereocenters. The zero-order valence-corrected chi connectivity index (χ0v) is 14.1. The lowest BCUT2D eigenvalue weighted by Crippen LogP contribution is -2.34. The Morgan fingerprint density at radius 3 is 2.65 bits per heavy atom. The largest absolute Gasteiger partial charge is 0.482 e. The SMILES string of the molecule is Cc1nc([C@@H](NC(=O)COc2ccccc2C#N)c2ccccc2)n[nH]1. The number of aromatic nitrogens is 3. The second-order valence-electron chi connectivity index (χ2n) is 5.59. The number of para-hydroxylation sites is 1. The molecular weight excluding hydrogens is 330 g/mol. The minimum atomic E-state index is -0.497. The van der Waals surface area contributed by atoms with Crippen LogP contribution in [0.3, 0.4) is 0 Å². The number of ether oxygens (including phenoxy) is 1. The third-order valence-corrected chi connectivity index (χ3v) is 3.68. The highest BCUT2D eigenvalue weighted by atomic mass is 16.5. The lowest BCUT2D eigenvalue weighted by molar-refractivity contribution is -0.123. The second-order valence-corrected chi connectivity index (χ2v) is 5.59. The number of rotatable bonds is 6. The lowest BCUT2D eigenvalue weighted by atomic mass is 10.1. The molecule has 3 aromatic rings. The molecule has 0 bridgehead atoms. The molecule has 0 saturated heterocycles. The third kappa shape index (κ3) is 4.05. The van der Waals surface area contributed by atoms with Crippen molar-refractivity contribution < 1.29 is 9.53 Å². The van der Waals surface area contributed by atoms with Crippen LogP contribution in [0.1, 0.15) is 28.8 Å². The van der Waals surface area contributed by atoms with Crippen molar-refractivity contribution in [3.8, 4) is 11.8 Å². The summed E-state index contributed by atoms with van der Waals surface area (Å²) in [5.74, 6) is 1.16. The molecule has 0 fully saturated rings. The van der Waals surface area contributed by atoms with E-state index in [1.165, 1.54) is 0 Å². The van der Waals surface area contributed by atoms with Gasteiger partial charge in [0.15, 0.2) is 12.4 Å². The van der Waals surface area contributed by atoms with E-state index >= 15 is 0 Å². The van der Waals surface area contributed by atoms with Crippen molar-refractivity contribution in [1.82, 2.24) is 20.5 Å². The third-order valence-electron chi connectivity index (χ3n) is 3.68. The van der Waals surface area contributed by atoms with Crippen LogP contribution in [-0.4, -0.2) is 27.7 Å². The second kappa shape index (κ2) is 7.94. The van der Waals surface area contributed by atoms with E-state index in [1.807, 2.05) is 36.4 Å². The zero-order valence-electron chi connectivity index (χ0n) is 14.1.